The Morgan fingerprint density at radius 2 is 1.12 bits per heavy atom. The van der Waals surface area contributed by atoms with Gasteiger partial charge in [-0.2, -0.15) is 4.31 Å². The molecule has 0 aromatic heterocycles. The zero-order valence-corrected chi connectivity index (χ0v) is 19.0. The van der Waals surface area contributed by atoms with Crippen molar-refractivity contribution in [1.82, 2.24) is 4.31 Å². The average molecular weight is 444 g/mol. The van der Waals surface area contributed by atoms with Gasteiger partial charge in [0.15, 0.2) is 5.78 Å². The summed E-state index contributed by atoms with van der Waals surface area (Å²) in [6.07, 6.45) is 3.58. The number of carbonyl (C=O) groups is 1. The summed E-state index contributed by atoms with van der Waals surface area (Å²) in [5.41, 5.74) is 4.89. The lowest BCUT2D eigenvalue weighted by atomic mass is 9.95. The van der Waals surface area contributed by atoms with Gasteiger partial charge in [0.05, 0.1) is 4.90 Å². The van der Waals surface area contributed by atoms with E-state index in [2.05, 4.69) is 0 Å². The van der Waals surface area contributed by atoms with Gasteiger partial charge in [0.2, 0.25) is 10.0 Å². The topological polar surface area (TPSA) is 54.5 Å². The van der Waals surface area contributed by atoms with Crippen molar-refractivity contribution in [3.8, 4) is 0 Å². The average Bonchev–Trinajstić information content (AvgIpc) is 2.80. The van der Waals surface area contributed by atoms with E-state index in [-0.39, 0.29) is 23.8 Å². The number of Topliss-reactive ketones (excluding diaryl/α,β-unsaturated/α-hetero) is 1. The van der Waals surface area contributed by atoms with E-state index in [0.29, 0.717) is 11.1 Å². The van der Waals surface area contributed by atoms with Gasteiger partial charge in [0.25, 0.3) is 0 Å². The van der Waals surface area contributed by atoms with Crippen molar-refractivity contribution in [3.05, 3.63) is 112 Å². The second kappa shape index (κ2) is 9.07. The minimum absolute atomic E-state index is 0.0369. The Morgan fingerprint density at radius 3 is 1.56 bits per heavy atom. The molecular weight excluding hydrogens is 418 g/mol. The van der Waals surface area contributed by atoms with Gasteiger partial charge in [-0.1, -0.05) is 77.9 Å². The van der Waals surface area contributed by atoms with Gasteiger partial charge < -0.3 is 0 Å². The highest BCUT2D eigenvalue weighted by Crippen LogP contribution is 2.27. The van der Waals surface area contributed by atoms with Crippen molar-refractivity contribution < 1.29 is 13.2 Å². The van der Waals surface area contributed by atoms with Crippen molar-refractivity contribution in [2.24, 2.45) is 0 Å². The van der Waals surface area contributed by atoms with Crippen LogP contribution in [-0.4, -0.2) is 31.6 Å². The van der Waals surface area contributed by atoms with E-state index in [1.807, 2.05) is 62.4 Å². The van der Waals surface area contributed by atoms with Crippen molar-refractivity contribution in [2.75, 3.05) is 13.1 Å². The molecule has 0 bridgehead atoms. The molecule has 0 N–H and O–H groups in total. The van der Waals surface area contributed by atoms with Crippen molar-refractivity contribution in [1.29, 1.82) is 0 Å². The molecule has 0 unspecified atom stereocenters. The Labute approximate surface area is 189 Å². The van der Waals surface area contributed by atoms with Gasteiger partial charge in [-0.3, -0.25) is 4.79 Å². The molecule has 1 saturated heterocycles. The number of aryl methyl sites for hydroxylation is 2. The molecule has 5 heteroatoms. The second-order valence-corrected chi connectivity index (χ2v) is 10.0. The summed E-state index contributed by atoms with van der Waals surface area (Å²) in [5.74, 6) is -0.120. The predicted octanol–water partition coefficient (Wildman–Crippen LogP) is 5.04. The fraction of sp³-hybridized carbons (Fsp3) is 0.148. The van der Waals surface area contributed by atoms with Crippen molar-refractivity contribution >= 4 is 28.0 Å². The van der Waals surface area contributed by atoms with Crippen LogP contribution in [0.3, 0.4) is 0 Å². The van der Waals surface area contributed by atoms with E-state index in [4.69, 9.17) is 0 Å². The van der Waals surface area contributed by atoms with Gasteiger partial charge in [-0.25, -0.2) is 8.42 Å². The van der Waals surface area contributed by atoms with E-state index < -0.39 is 10.0 Å². The molecule has 0 radical (unpaired) electrons. The molecule has 162 valence electrons. The lowest BCUT2D eigenvalue weighted by Gasteiger charge is -2.29. The maximum atomic E-state index is 13.3. The minimum atomic E-state index is -3.75. The summed E-state index contributed by atoms with van der Waals surface area (Å²) in [6.45, 7) is 4.07. The van der Waals surface area contributed by atoms with Gasteiger partial charge in [0, 0.05) is 24.2 Å². The molecule has 1 heterocycles. The van der Waals surface area contributed by atoms with E-state index in [1.54, 1.807) is 42.5 Å². The summed E-state index contributed by atoms with van der Waals surface area (Å²) in [4.78, 5) is 13.5. The quantitative estimate of drug-likeness (QED) is 0.531. The fourth-order valence-electron chi connectivity index (χ4n) is 3.65. The number of nitrogens with zero attached hydrogens (tertiary/aromatic N) is 1. The zero-order valence-electron chi connectivity index (χ0n) is 18.2. The van der Waals surface area contributed by atoms with Crippen LogP contribution in [0.4, 0.5) is 0 Å². The molecule has 3 aromatic rings. The second-order valence-electron chi connectivity index (χ2n) is 8.08. The highest BCUT2D eigenvalue weighted by atomic mass is 32.2. The summed E-state index contributed by atoms with van der Waals surface area (Å²) in [5, 5.41) is 0. The molecule has 32 heavy (non-hydrogen) atoms. The SMILES string of the molecule is Cc1ccc(/C=C2\CN(S(=O)(=O)c3ccccc3)C/C(=C\c3ccc(C)cc3)C2=O)cc1. The van der Waals surface area contributed by atoms with Crippen LogP contribution in [0.25, 0.3) is 12.2 Å². The van der Waals surface area contributed by atoms with E-state index >= 15 is 0 Å². The van der Waals surface area contributed by atoms with Crippen LogP contribution in [0, 0.1) is 13.8 Å². The smallest absolute Gasteiger partial charge is 0.243 e. The van der Waals surface area contributed by atoms with Crippen LogP contribution in [-0.2, 0) is 14.8 Å². The summed E-state index contributed by atoms with van der Waals surface area (Å²) in [6, 6.07) is 24.0. The zero-order chi connectivity index (χ0) is 22.7. The summed E-state index contributed by atoms with van der Waals surface area (Å²) < 4.78 is 28.1. The van der Waals surface area contributed by atoms with Crippen molar-refractivity contribution in [3.63, 3.8) is 0 Å². The molecule has 1 fully saturated rings. The molecule has 0 saturated carbocycles. The van der Waals surface area contributed by atoms with Crippen LogP contribution in [0.15, 0.2) is 94.9 Å². The number of ketones is 1. The van der Waals surface area contributed by atoms with Crippen LogP contribution in [0.2, 0.25) is 0 Å². The first-order valence-corrected chi connectivity index (χ1v) is 11.9. The molecule has 3 aromatic carbocycles. The Kier molecular flexibility index (Phi) is 6.21. The van der Waals surface area contributed by atoms with E-state index in [1.165, 1.54) is 4.31 Å². The first kappa shape index (κ1) is 21.9. The number of sulfonamides is 1. The molecule has 0 amide bonds. The maximum absolute atomic E-state index is 13.3. The molecular formula is C27H25NO3S. The monoisotopic (exact) mass is 443 g/mol. The maximum Gasteiger partial charge on any atom is 0.243 e. The number of piperidine rings is 1. The highest BCUT2D eigenvalue weighted by molar-refractivity contribution is 7.89. The van der Waals surface area contributed by atoms with Crippen LogP contribution >= 0.6 is 0 Å². The minimum Gasteiger partial charge on any atom is -0.289 e. The number of hydrogen-bond acceptors (Lipinski definition) is 3. The number of rotatable bonds is 4. The van der Waals surface area contributed by atoms with Gasteiger partial charge >= 0.3 is 0 Å². The van der Waals surface area contributed by atoms with Crippen LogP contribution < -0.4 is 0 Å². The molecule has 1 aliphatic heterocycles. The van der Waals surface area contributed by atoms with E-state index in [0.717, 1.165) is 22.3 Å². The molecule has 0 spiro atoms. The molecule has 1 aliphatic rings. The Balaban J connectivity index is 1.77. The number of carbonyl (C=O) groups excluding carboxylic acids is 1. The third kappa shape index (κ3) is 4.79. The summed E-state index contributed by atoms with van der Waals surface area (Å²) in [7, 11) is -3.75. The first-order valence-electron chi connectivity index (χ1n) is 10.5. The van der Waals surface area contributed by atoms with Crippen LogP contribution in [0.5, 0.6) is 0 Å². The number of benzene rings is 3. The Morgan fingerprint density at radius 1 is 0.688 bits per heavy atom. The molecule has 4 rings (SSSR count). The standard InChI is InChI=1S/C27H25NO3S/c1-20-8-12-22(13-9-20)16-24-18-28(32(30,31)26-6-4-3-5-7-26)19-25(27(24)29)17-23-14-10-21(2)11-15-23/h3-17H,18-19H2,1-2H3/b24-16+,25-17+. The first-order chi connectivity index (χ1) is 15.3. The van der Waals surface area contributed by atoms with Crippen LogP contribution in [0.1, 0.15) is 22.3 Å². The van der Waals surface area contributed by atoms with Gasteiger partial charge in [0.1, 0.15) is 0 Å². The van der Waals surface area contributed by atoms with Gasteiger partial charge in [-0.05, 0) is 49.3 Å². The number of hydrogen-bond donors (Lipinski definition) is 0. The third-order valence-corrected chi connectivity index (χ3v) is 7.30. The summed E-state index contributed by atoms with van der Waals surface area (Å²) >= 11 is 0. The molecule has 0 aliphatic carbocycles. The van der Waals surface area contributed by atoms with Crippen molar-refractivity contribution in [2.45, 2.75) is 18.7 Å². The Hall–Kier alpha value is -3.28. The highest BCUT2D eigenvalue weighted by Gasteiger charge is 2.34. The third-order valence-electron chi connectivity index (χ3n) is 5.49. The lowest BCUT2D eigenvalue weighted by Crippen LogP contribution is -2.41. The van der Waals surface area contributed by atoms with E-state index in [9.17, 15) is 13.2 Å². The normalized spacial score (nSPS) is 17.8. The predicted molar refractivity (Wildman–Crippen MR) is 129 cm³/mol. The Bertz CT molecular complexity index is 1220. The largest absolute Gasteiger partial charge is 0.289 e. The van der Waals surface area contributed by atoms with Gasteiger partial charge in [-0.15, -0.1) is 0 Å². The fourth-order valence-corrected chi connectivity index (χ4v) is 5.06. The molecule has 4 nitrogen and oxygen atoms in total. The molecule has 0 atom stereocenters. The lowest BCUT2D eigenvalue weighted by molar-refractivity contribution is -0.113.